The predicted molar refractivity (Wildman–Crippen MR) is 535 cm³/mol. The monoisotopic (exact) mass is 2040 g/mol. The third-order valence-corrected chi connectivity index (χ3v) is 32.2. The number of ether oxygens (including phenoxy) is 4. The normalized spacial score (nSPS) is 18.6. The molecule has 19 nitrogen and oxygen atoms in total. The first-order valence-corrected chi connectivity index (χ1v) is 56.7. The Hall–Kier alpha value is -3.57. The summed E-state index contributed by atoms with van der Waals surface area (Å²) < 4.78 is 31.8. The zero-order valence-corrected chi connectivity index (χ0v) is 87.3. The van der Waals surface area contributed by atoms with Gasteiger partial charge < -0.3 is 44.5 Å². The number of unbranched alkanes of at least 4 members (excludes halogenated alkanes) is 20. The fourth-order valence-electron chi connectivity index (χ4n) is 21.7. The molecule has 0 atom stereocenters. The molecule has 5 N–H and O–H groups in total. The van der Waals surface area contributed by atoms with Crippen molar-refractivity contribution in [3.63, 3.8) is 0 Å². The average Bonchev–Trinajstić information content (AvgIpc) is 1.69. The Morgan fingerprint density at radius 1 is 0.285 bits per heavy atom. The number of hydrogen-bond donors (Lipinski definition) is 5. The lowest BCUT2D eigenvalue weighted by Gasteiger charge is -2.26. The van der Waals surface area contributed by atoms with Crippen LogP contribution < -0.4 is 0 Å². The second-order valence-electron chi connectivity index (χ2n) is 40.7. The van der Waals surface area contributed by atoms with E-state index in [1.807, 2.05) is 0 Å². The van der Waals surface area contributed by atoms with Crippen molar-refractivity contribution in [2.75, 3.05) is 42.4 Å². The van der Waals surface area contributed by atoms with Crippen LogP contribution in [0.15, 0.2) is 0 Å². The van der Waals surface area contributed by atoms with Crippen LogP contribution in [-0.2, 0) is 66.9 Å². The smallest absolute Gasteiger partial charge is 0.312 e. The summed E-state index contributed by atoms with van der Waals surface area (Å²) in [6, 6.07) is 0. The van der Waals surface area contributed by atoms with Gasteiger partial charge in [0.05, 0.1) is 76.4 Å². The Labute approximate surface area is 816 Å². The summed E-state index contributed by atoms with van der Waals surface area (Å²) >= 11 is 10.2. The Balaban J connectivity index is 0.000000829. The number of ketones is 2. The molecule has 23 heteroatoms. The van der Waals surface area contributed by atoms with Gasteiger partial charge in [0.15, 0.2) is 0 Å². The van der Waals surface area contributed by atoms with Crippen LogP contribution in [0.4, 0.5) is 4.70 Å². The van der Waals surface area contributed by atoms with Crippen LogP contribution in [0.1, 0.15) is 525 Å². The summed E-state index contributed by atoms with van der Waals surface area (Å²) in [6.07, 6.45) is 74.7. The highest BCUT2D eigenvalue weighted by Crippen LogP contribution is 2.50. The molecule has 0 unspecified atom stereocenters. The summed E-state index contributed by atoms with van der Waals surface area (Å²) in [5.74, 6) is -1.44. The Morgan fingerprint density at radius 2 is 0.485 bits per heavy atom. The fourth-order valence-corrected chi connectivity index (χ4v) is 22.9. The number of aliphatic hydroxyl groups is 1. The lowest BCUT2D eigenvalue weighted by molar-refractivity contribution is -0.157. The van der Waals surface area contributed by atoms with E-state index in [0.717, 1.165) is 427 Å². The van der Waals surface area contributed by atoms with Crippen molar-refractivity contribution in [3.8, 4) is 0 Å². The molecule has 130 heavy (non-hydrogen) atoms. The first-order valence-electron chi connectivity index (χ1n) is 54.3. The molecule has 8 aliphatic carbocycles. The van der Waals surface area contributed by atoms with Crippen molar-refractivity contribution in [2.45, 2.75) is 528 Å². The van der Waals surface area contributed by atoms with Crippen LogP contribution in [0.3, 0.4) is 0 Å². The second-order valence-corrected chi connectivity index (χ2v) is 43.1. The van der Waals surface area contributed by atoms with Crippen LogP contribution in [0.2, 0.25) is 0 Å². The molecule has 0 saturated heterocycles. The molecular formula is C107H190Br3FO19. The van der Waals surface area contributed by atoms with Crippen molar-refractivity contribution in [1.82, 2.24) is 0 Å². The van der Waals surface area contributed by atoms with E-state index in [-0.39, 0.29) is 56.8 Å². The molecule has 8 fully saturated rings. The van der Waals surface area contributed by atoms with Gasteiger partial charge in [-0.3, -0.25) is 52.6 Å². The molecule has 8 saturated carbocycles. The van der Waals surface area contributed by atoms with Gasteiger partial charge in [0.2, 0.25) is 0 Å². The van der Waals surface area contributed by atoms with Crippen molar-refractivity contribution in [2.24, 2.45) is 43.8 Å². The average molecular weight is 2040 g/mol. The Kier molecular flexibility index (Phi) is 68.3. The number of carboxylic acid groups (broad SMARTS) is 4. The minimum absolute atomic E-state index is 0. The van der Waals surface area contributed by atoms with Gasteiger partial charge in [-0.15, -0.1) is 0 Å². The van der Waals surface area contributed by atoms with E-state index in [0.29, 0.717) is 63.7 Å². The van der Waals surface area contributed by atoms with E-state index in [4.69, 9.17) is 21.9 Å². The van der Waals surface area contributed by atoms with Gasteiger partial charge >= 0.3 is 47.8 Å². The highest BCUT2D eigenvalue weighted by molar-refractivity contribution is 9.09. The lowest BCUT2D eigenvalue weighted by atomic mass is 9.80. The number of hydrogen-bond acceptors (Lipinski definition) is 15. The van der Waals surface area contributed by atoms with E-state index in [2.05, 4.69) is 75.5 Å². The quantitative estimate of drug-likeness (QED) is 0.0163. The Morgan fingerprint density at radius 3 is 0.708 bits per heavy atom. The van der Waals surface area contributed by atoms with Gasteiger partial charge in [-0.05, 0) is 231 Å². The van der Waals surface area contributed by atoms with Gasteiger partial charge in [-0.1, -0.05) is 313 Å². The molecule has 8 rings (SSSR count). The van der Waals surface area contributed by atoms with Crippen molar-refractivity contribution >= 4 is 107 Å². The summed E-state index contributed by atoms with van der Waals surface area (Å²) in [4.78, 5) is 119. The minimum atomic E-state index is -0.636. The molecule has 760 valence electrons. The fraction of sp³-hybridized carbons (Fsp3) is 0.907. The van der Waals surface area contributed by atoms with Crippen LogP contribution in [-0.4, -0.2) is 133 Å². The largest absolute Gasteiger partial charge is 0.481 e. The summed E-state index contributed by atoms with van der Waals surface area (Å²) in [7, 11) is 0. The molecular weight excluding hydrogens is 1850 g/mol. The topological polar surface area (TPSA) is 309 Å². The van der Waals surface area contributed by atoms with Crippen molar-refractivity contribution < 1.29 is 100 Å². The van der Waals surface area contributed by atoms with E-state index in [1.165, 1.54) is 57.8 Å². The number of Topliss-reactive ketones (excluding diaryl/α,β-unsaturated/α-hetero) is 2. The number of rotatable bonds is 65. The highest BCUT2D eigenvalue weighted by atomic mass is 79.9. The van der Waals surface area contributed by atoms with Crippen molar-refractivity contribution in [3.05, 3.63) is 0 Å². The predicted octanol–water partition coefficient (Wildman–Crippen LogP) is 30.3. The van der Waals surface area contributed by atoms with Crippen LogP contribution in [0.25, 0.3) is 0 Å². The third kappa shape index (κ3) is 48.6. The van der Waals surface area contributed by atoms with Gasteiger partial charge in [-0.25, -0.2) is 0 Å². The minimum Gasteiger partial charge on any atom is -0.481 e. The van der Waals surface area contributed by atoms with Crippen LogP contribution in [0, 0.1) is 43.8 Å². The molecule has 8 aliphatic rings. The SMILES string of the molecule is BrCCCCCBr.CCCCOC(=O)C1(CCCCCBr)CCCC1.CCCCOC(=O)C1(CCCCCC(=O)CCCCCC2(C(=O)OCCCC)CCCC2)CCCC1.CCCCOC(=O)C1CCCC1.F.O=C(CCCCCC1(C(=O)O)CCCC1)CCCCCC1(C(=O)O)CCCC1.O=C(O)C1(CCCCCC(O)CCCCCC2(C(=O)O)CCCC2)CCCC1.[2H][2H]. The van der Waals surface area contributed by atoms with E-state index >= 15 is 0 Å². The molecule has 0 bridgehead atoms. The molecule has 0 aromatic carbocycles. The van der Waals surface area contributed by atoms with E-state index in [9.17, 15) is 73.5 Å². The second kappa shape index (κ2) is 73.6. The van der Waals surface area contributed by atoms with E-state index in [1.54, 1.807) is 0 Å². The maximum absolute atomic E-state index is 12.7. The molecule has 0 aromatic rings. The maximum atomic E-state index is 12.7. The molecule has 0 radical (unpaired) electrons. The third-order valence-electron chi connectivity index (χ3n) is 30.5. The molecule has 0 aromatic heterocycles. The number of aliphatic hydroxyl groups excluding tert-OH is 1. The summed E-state index contributed by atoms with van der Waals surface area (Å²) in [5, 5.41) is 51.5. The lowest BCUT2D eigenvalue weighted by Crippen LogP contribution is -2.30. The number of carbonyl (C=O) groups is 10. The molecule has 0 amide bonds. The van der Waals surface area contributed by atoms with Crippen molar-refractivity contribution in [1.29, 1.82) is 0 Å². The molecule has 0 heterocycles. The number of halogens is 4. The maximum Gasteiger partial charge on any atom is 0.312 e. The number of alkyl halides is 3. The van der Waals surface area contributed by atoms with Gasteiger partial charge in [0.25, 0.3) is 0 Å². The molecule has 0 aliphatic heterocycles. The number of carboxylic acids is 4. The number of carbonyl (C=O) groups excluding carboxylic acids is 6. The number of aliphatic carboxylic acids is 4. The summed E-state index contributed by atoms with van der Waals surface area (Å²) in [5.41, 5.74) is -2.54. The molecule has 0 spiro atoms. The standard InChI is InChI=1S/C31H54O5.C23H40O5.C23H38O5.C15H27BrO2.C10H18O2.C5H10Br2.FH.H2/c1-3-5-25-35-28(33)30(21-13-14-22-30)19-11-7-9-17-27(32)18-10-8-12-20-31(23-15-16-24-31)29(34)36-26-6-4-2;2*24-19(11-3-1-5-13-22(20(25)26)15-7-8-16-22)12-4-2-6-14-23(21(27)28)17-9-10-18-23;1-2-3-13-18-14(17)15(10-6-7-11-15)9-5-4-8-12-16;1-2-3-8-12-10(11)9-6-4-5-7-9;6-4-2-1-3-5-7;;/h3-26H2,1-2H3;19,24H,1-18H2,(H,25,26)(H,27,28);1-18H2,(H,25,26)(H,27,28);2-13H2,1H3;9H,2-8H2,1H3;1-5H2;2*1H/i;;;;;;;1+1D. The van der Waals surface area contributed by atoms with Gasteiger partial charge in [0.1, 0.15) is 11.6 Å². The zero-order chi connectivity index (χ0) is 96.7. The Bertz CT molecular complexity index is 2860. The number of esters is 4. The first kappa shape index (κ1) is 121. The van der Waals surface area contributed by atoms with Crippen LogP contribution in [0.5, 0.6) is 0 Å². The first-order chi connectivity index (χ1) is 63.3. The zero-order valence-electron chi connectivity index (χ0n) is 84.5. The van der Waals surface area contributed by atoms with Gasteiger partial charge in [-0.2, -0.15) is 0 Å². The van der Waals surface area contributed by atoms with Gasteiger partial charge in [0, 0.05) is 44.6 Å². The highest BCUT2D eigenvalue weighted by Gasteiger charge is 2.47. The summed E-state index contributed by atoms with van der Waals surface area (Å²) in [6.45, 7) is 10.8. The van der Waals surface area contributed by atoms with Crippen LogP contribution >= 0.6 is 47.8 Å². The van der Waals surface area contributed by atoms with E-state index < -0.39 is 45.5 Å².